The van der Waals surface area contributed by atoms with Crippen LogP contribution in [0.25, 0.3) is 11.3 Å². The Labute approximate surface area is 212 Å². The summed E-state index contributed by atoms with van der Waals surface area (Å²) in [7, 11) is 0. The van der Waals surface area contributed by atoms with E-state index in [9.17, 15) is 9.59 Å². The largest absolute Gasteiger partial charge is 0.326 e. The predicted octanol–water partition coefficient (Wildman–Crippen LogP) is 7.76. The Morgan fingerprint density at radius 1 is 1.09 bits per heavy atom. The third-order valence-corrected chi connectivity index (χ3v) is 7.62. The number of anilines is 2. The summed E-state index contributed by atoms with van der Waals surface area (Å²) in [6.45, 7) is 4.02. The zero-order valence-corrected chi connectivity index (χ0v) is 21.5. The smallest absolute Gasteiger partial charge is 0.239 e. The number of carbonyl (C=O) groups is 2. The Morgan fingerprint density at radius 3 is 2.64 bits per heavy atom. The van der Waals surface area contributed by atoms with Gasteiger partial charge in [0.05, 0.1) is 21.0 Å². The van der Waals surface area contributed by atoms with Crippen molar-refractivity contribution < 1.29 is 9.59 Å². The molecule has 1 heterocycles. The lowest BCUT2D eigenvalue weighted by atomic mass is 10.2. The molecule has 3 aromatic rings. The van der Waals surface area contributed by atoms with Gasteiger partial charge in [-0.05, 0) is 43.2 Å². The van der Waals surface area contributed by atoms with Crippen molar-refractivity contribution in [2.24, 2.45) is 0 Å². The molecule has 1 atom stereocenters. The Balaban J connectivity index is 1.63. The Kier molecular flexibility index (Phi) is 9.62. The molecule has 0 saturated carbocycles. The van der Waals surface area contributed by atoms with Crippen LogP contribution in [0.15, 0.2) is 52.7 Å². The molecule has 2 N–H and O–H groups in total. The summed E-state index contributed by atoms with van der Waals surface area (Å²) < 4.78 is 0. The van der Waals surface area contributed by atoms with Crippen molar-refractivity contribution in [1.82, 2.24) is 4.98 Å². The molecule has 0 spiro atoms. The summed E-state index contributed by atoms with van der Waals surface area (Å²) >= 11 is 14.9. The monoisotopic (exact) mass is 521 g/mol. The fourth-order valence-electron chi connectivity index (χ4n) is 3.00. The number of carbonyl (C=O) groups excluding carboxylic acids is 2. The van der Waals surface area contributed by atoms with Crippen molar-refractivity contribution in [3.63, 3.8) is 0 Å². The van der Waals surface area contributed by atoms with Crippen molar-refractivity contribution >= 4 is 68.9 Å². The first kappa shape index (κ1) is 25.6. The molecular formula is C24H25Cl2N3O2S2. The molecule has 0 aliphatic rings. The zero-order chi connectivity index (χ0) is 23.8. The van der Waals surface area contributed by atoms with Crippen LogP contribution >= 0.6 is 46.3 Å². The van der Waals surface area contributed by atoms with Gasteiger partial charge in [-0.1, -0.05) is 55.6 Å². The highest BCUT2D eigenvalue weighted by Gasteiger charge is 2.20. The lowest BCUT2D eigenvalue weighted by Crippen LogP contribution is -2.24. The maximum absolute atomic E-state index is 12.9. The number of thioether (sulfide) groups is 1. The van der Waals surface area contributed by atoms with Crippen molar-refractivity contribution in [2.45, 2.75) is 49.7 Å². The topological polar surface area (TPSA) is 71.1 Å². The van der Waals surface area contributed by atoms with Gasteiger partial charge in [0.1, 0.15) is 0 Å². The minimum atomic E-state index is -0.298. The number of amides is 2. The number of benzene rings is 2. The van der Waals surface area contributed by atoms with Gasteiger partial charge in [0, 0.05) is 27.9 Å². The summed E-state index contributed by atoms with van der Waals surface area (Å²) in [4.78, 5) is 30.3. The second-order valence-electron chi connectivity index (χ2n) is 7.35. The summed E-state index contributed by atoms with van der Waals surface area (Å²) in [5.74, 6) is -0.111. The quantitative estimate of drug-likeness (QED) is 0.267. The summed E-state index contributed by atoms with van der Waals surface area (Å²) in [5, 5.41) is 8.88. The standard InChI is InChI=1S/C24H25Cl2N3O2S2/c1-3-5-9-22(30)27-16-7-6-8-17(13-16)33-21(4-2)23(31)29-24-28-20(14-32-24)15-10-11-18(25)19(26)12-15/h6-8,10-14,21H,3-5,9H2,1-2H3,(H,27,30)(H,28,29,31). The maximum atomic E-state index is 12.9. The summed E-state index contributed by atoms with van der Waals surface area (Å²) in [6, 6.07) is 12.9. The van der Waals surface area contributed by atoms with Gasteiger partial charge in [-0.25, -0.2) is 4.98 Å². The second-order valence-corrected chi connectivity index (χ2v) is 10.3. The molecule has 0 saturated heterocycles. The molecule has 5 nitrogen and oxygen atoms in total. The van der Waals surface area contributed by atoms with Gasteiger partial charge in [0.25, 0.3) is 0 Å². The number of halogens is 2. The zero-order valence-electron chi connectivity index (χ0n) is 18.4. The Bertz CT molecular complexity index is 1120. The van der Waals surface area contributed by atoms with Gasteiger partial charge in [-0.3, -0.25) is 9.59 Å². The van der Waals surface area contributed by atoms with E-state index in [4.69, 9.17) is 23.2 Å². The molecule has 0 bridgehead atoms. The molecule has 174 valence electrons. The number of nitrogens with zero attached hydrogens (tertiary/aromatic N) is 1. The van der Waals surface area contributed by atoms with E-state index in [2.05, 4.69) is 22.5 Å². The lowest BCUT2D eigenvalue weighted by molar-refractivity contribution is -0.116. The van der Waals surface area contributed by atoms with Crippen LogP contribution in [-0.4, -0.2) is 22.0 Å². The SMILES string of the molecule is CCCCC(=O)Nc1cccc(SC(CC)C(=O)Nc2nc(-c3ccc(Cl)c(Cl)c3)cs2)c1. The van der Waals surface area contributed by atoms with Crippen molar-refractivity contribution in [2.75, 3.05) is 10.6 Å². The molecule has 2 aromatic carbocycles. The van der Waals surface area contributed by atoms with Crippen LogP contribution in [0.1, 0.15) is 39.5 Å². The fraction of sp³-hybridized carbons (Fsp3) is 0.292. The highest BCUT2D eigenvalue weighted by molar-refractivity contribution is 8.00. The van der Waals surface area contributed by atoms with Crippen LogP contribution in [0.2, 0.25) is 10.0 Å². The predicted molar refractivity (Wildman–Crippen MR) is 141 cm³/mol. The first-order chi connectivity index (χ1) is 15.9. The molecule has 0 radical (unpaired) electrons. The van der Waals surface area contributed by atoms with Gasteiger partial charge >= 0.3 is 0 Å². The molecule has 33 heavy (non-hydrogen) atoms. The number of unbranched alkanes of at least 4 members (excludes halogenated alkanes) is 1. The molecule has 2 amide bonds. The van der Waals surface area contributed by atoms with Gasteiger partial charge < -0.3 is 10.6 Å². The summed E-state index contributed by atoms with van der Waals surface area (Å²) in [6.07, 6.45) is 2.99. The first-order valence-corrected chi connectivity index (χ1v) is 13.2. The Morgan fingerprint density at radius 2 is 1.91 bits per heavy atom. The maximum Gasteiger partial charge on any atom is 0.239 e. The average Bonchev–Trinajstić information content (AvgIpc) is 3.26. The minimum Gasteiger partial charge on any atom is -0.326 e. The molecule has 0 aliphatic heterocycles. The van der Waals surface area contributed by atoms with E-state index in [-0.39, 0.29) is 17.1 Å². The lowest BCUT2D eigenvalue weighted by Gasteiger charge is -2.14. The van der Waals surface area contributed by atoms with Gasteiger partial charge in [-0.15, -0.1) is 23.1 Å². The molecule has 3 rings (SSSR count). The van der Waals surface area contributed by atoms with Gasteiger partial charge in [0.2, 0.25) is 11.8 Å². The average molecular weight is 523 g/mol. The summed E-state index contributed by atoms with van der Waals surface area (Å²) in [5.41, 5.74) is 2.30. The van der Waals surface area contributed by atoms with E-state index in [1.54, 1.807) is 12.1 Å². The normalized spacial score (nSPS) is 11.8. The molecule has 9 heteroatoms. The van der Waals surface area contributed by atoms with Crippen molar-refractivity contribution in [3.05, 3.63) is 57.9 Å². The molecule has 0 aliphatic carbocycles. The third kappa shape index (κ3) is 7.47. The van der Waals surface area contributed by atoms with Crippen molar-refractivity contribution in [3.8, 4) is 11.3 Å². The molecule has 1 unspecified atom stereocenters. The van der Waals surface area contributed by atoms with Crippen LogP contribution in [0.4, 0.5) is 10.8 Å². The minimum absolute atomic E-state index is 0.00494. The Hall–Kier alpha value is -2.06. The number of rotatable bonds is 10. The van der Waals surface area contributed by atoms with E-state index in [0.29, 0.717) is 28.0 Å². The van der Waals surface area contributed by atoms with Crippen LogP contribution in [0.3, 0.4) is 0 Å². The molecular weight excluding hydrogens is 497 g/mol. The van der Waals surface area contributed by atoms with Crippen LogP contribution in [-0.2, 0) is 9.59 Å². The van der Waals surface area contributed by atoms with Crippen LogP contribution in [0, 0.1) is 0 Å². The third-order valence-electron chi connectivity index (χ3n) is 4.77. The number of thiazole rings is 1. The number of aromatic nitrogens is 1. The number of hydrogen-bond acceptors (Lipinski definition) is 5. The second kappa shape index (κ2) is 12.4. The van der Waals surface area contributed by atoms with Crippen molar-refractivity contribution in [1.29, 1.82) is 0 Å². The van der Waals surface area contributed by atoms with Crippen LogP contribution in [0.5, 0.6) is 0 Å². The van der Waals surface area contributed by atoms with E-state index in [0.717, 1.165) is 34.7 Å². The highest BCUT2D eigenvalue weighted by Crippen LogP contribution is 2.32. The van der Waals surface area contributed by atoms with E-state index >= 15 is 0 Å². The van der Waals surface area contributed by atoms with Gasteiger partial charge in [-0.2, -0.15) is 0 Å². The fourth-order valence-corrected chi connectivity index (χ4v) is 5.03. The van der Waals surface area contributed by atoms with Gasteiger partial charge in [0.15, 0.2) is 5.13 Å². The van der Waals surface area contributed by atoms with E-state index in [1.807, 2.05) is 42.6 Å². The highest BCUT2D eigenvalue weighted by atomic mass is 35.5. The number of hydrogen-bond donors (Lipinski definition) is 2. The number of nitrogens with one attached hydrogen (secondary N) is 2. The van der Waals surface area contributed by atoms with E-state index < -0.39 is 0 Å². The molecule has 0 fully saturated rings. The first-order valence-electron chi connectivity index (χ1n) is 10.7. The van der Waals surface area contributed by atoms with E-state index in [1.165, 1.54) is 23.1 Å². The molecule has 1 aromatic heterocycles. The van der Waals surface area contributed by atoms with Crippen LogP contribution < -0.4 is 10.6 Å².